The van der Waals surface area contributed by atoms with Crippen LogP contribution in [-0.4, -0.2) is 38.9 Å². The van der Waals surface area contributed by atoms with Crippen molar-refractivity contribution in [2.45, 2.75) is 26.4 Å². The second-order valence-corrected chi connectivity index (χ2v) is 7.21. The molecule has 31 heavy (non-hydrogen) atoms. The zero-order valence-corrected chi connectivity index (χ0v) is 16.8. The molecule has 2 aromatic heterocycles. The third kappa shape index (κ3) is 4.04. The maximum atomic E-state index is 12.7. The number of carbonyl (C=O) groups excluding carboxylic acids is 3. The highest BCUT2D eigenvalue weighted by atomic mass is 16.3. The third-order valence-electron chi connectivity index (χ3n) is 5.19. The van der Waals surface area contributed by atoms with E-state index in [2.05, 4.69) is 16.0 Å². The number of rotatable bonds is 5. The monoisotopic (exact) mass is 423 g/mol. The number of benzene rings is 1. The zero-order chi connectivity index (χ0) is 22.0. The van der Waals surface area contributed by atoms with Gasteiger partial charge in [-0.2, -0.15) is 5.10 Å². The summed E-state index contributed by atoms with van der Waals surface area (Å²) in [7, 11) is 0. The van der Waals surface area contributed by atoms with Gasteiger partial charge in [0, 0.05) is 24.9 Å². The van der Waals surface area contributed by atoms with Crippen LogP contribution in [0.15, 0.2) is 51.9 Å². The molecule has 0 bridgehead atoms. The quantitative estimate of drug-likeness (QED) is 0.585. The van der Waals surface area contributed by atoms with Crippen LogP contribution < -0.4 is 16.4 Å². The molecule has 1 atom stereocenters. The molecule has 0 radical (unpaired) electrons. The second kappa shape index (κ2) is 8.42. The summed E-state index contributed by atoms with van der Waals surface area (Å²) in [6.07, 6.45) is 1.57. The molecule has 0 spiro atoms. The van der Waals surface area contributed by atoms with Crippen molar-refractivity contribution in [1.29, 1.82) is 0 Å². The number of furan rings is 1. The molecule has 0 unspecified atom stereocenters. The summed E-state index contributed by atoms with van der Waals surface area (Å²) >= 11 is 0. The number of fused-ring (bicyclic) bond motifs is 1. The Balaban J connectivity index is 1.43. The van der Waals surface area contributed by atoms with Crippen LogP contribution in [0.1, 0.15) is 29.6 Å². The first-order valence-corrected chi connectivity index (χ1v) is 9.88. The van der Waals surface area contributed by atoms with Gasteiger partial charge in [-0.1, -0.05) is 18.2 Å². The topological polar surface area (TPSA) is 127 Å². The summed E-state index contributed by atoms with van der Waals surface area (Å²) in [5.74, 6) is -1.25. The van der Waals surface area contributed by atoms with E-state index in [9.17, 15) is 19.2 Å². The summed E-state index contributed by atoms with van der Waals surface area (Å²) in [6, 6.07) is 10.1. The largest absolute Gasteiger partial charge is 0.467 e. The van der Waals surface area contributed by atoms with E-state index in [0.29, 0.717) is 23.1 Å². The molecule has 0 saturated carbocycles. The fourth-order valence-electron chi connectivity index (χ4n) is 3.59. The lowest BCUT2D eigenvalue weighted by Crippen LogP contribution is -2.45. The van der Waals surface area contributed by atoms with Crippen molar-refractivity contribution in [1.82, 2.24) is 25.5 Å². The van der Waals surface area contributed by atoms with Gasteiger partial charge in [0.1, 0.15) is 5.76 Å². The molecule has 4 rings (SSSR count). The minimum Gasteiger partial charge on any atom is -0.467 e. The lowest BCUT2D eigenvalue weighted by atomic mass is 10.1. The van der Waals surface area contributed by atoms with Crippen molar-refractivity contribution in [3.05, 3.63) is 64.5 Å². The van der Waals surface area contributed by atoms with Gasteiger partial charge in [-0.05, 0) is 25.1 Å². The molecule has 1 fully saturated rings. The first kappa shape index (κ1) is 20.3. The smallest absolute Gasteiger partial charge is 0.290 e. The van der Waals surface area contributed by atoms with Gasteiger partial charge < -0.3 is 9.32 Å². The van der Waals surface area contributed by atoms with Crippen LogP contribution in [0.5, 0.6) is 0 Å². The van der Waals surface area contributed by atoms with Gasteiger partial charge in [0.25, 0.3) is 11.5 Å². The minimum absolute atomic E-state index is 0.0271. The summed E-state index contributed by atoms with van der Waals surface area (Å²) in [5, 5.41) is 4.89. The van der Waals surface area contributed by atoms with Gasteiger partial charge in [-0.15, -0.1) is 0 Å². The van der Waals surface area contributed by atoms with E-state index < -0.39 is 17.7 Å². The Labute approximate surface area is 176 Å². The average Bonchev–Trinajstić information content (AvgIpc) is 3.42. The predicted molar refractivity (Wildman–Crippen MR) is 110 cm³/mol. The standard InChI is InChI=1S/C21H21N5O5/c1-2-26-21(30)16-8-4-3-7-15(16)18(24-26)20(29)23-22-19(28)13-10-17(27)25(11-13)12-14-6-5-9-31-14/h3-9,13H,2,10-12H2,1H3,(H,22,28)(H,23,29)/t13-/m1/s1. The minimum atomic E-state index is -0.650. The SMILES string of the molecule is CCn1nc(C(=O)NNC(=O)[C@@H]2CC(=O)N(Cc3ccco3)C2)c2ccccc2c1=O. The number of amides is 3. The summed E-state index contributed by atoms with van der Waals surface area (Å²) in [6.45, 7) is 2.56. The fraction of sp³-hybridized carbons (Fsp3) is 0.286. The van der Waals surface area contributed by atoms with Crippen molar-refractivity contribution in [2.24, 2.45) is 5.92 Å². The molecular formula is C21H21N5O5. The molecule has 160 valence electrons. The van der Waals surface area contributed by atoms with Crippen LogP contribution in [0.4, 0.5) is 0 Å². The molecule has 0 aliphatic carbocycles. The van der Waals surface area contributed by atoms with Gasteiger partial charge in [0.05, 0.1) is 24.1 Å². The maximum Gasteiger partial charge on any atom is 0.290 e. The van der Waals surface area contributed by atoms with Crippen molar-refractivity contribution in [3.8, 4) is 0 Å². The molecule has 10 heteroatoms. The third-order valence-corrected chi connectivity index (χ3v) is 5.19. The van der Waals surface area contributed by atoms with Crippen LogP contribution >= 0.6 is 0 Å². The summed E-state index contributed by atoms with van der Waals surface area (Å²) in [5.41, 5.74) is 4.46. The highest BCUT2D eigenvalue weighted by Crippen LogP contribution is 2.20. The number of aryl methyl sites for hydroxylation is 1. The molecule has 1 saturated heterocycles. The van der Waals surface area contributed by atoms with Gasteiger partial charge in [0.2, 0.25) is 11.8 Å². The predicted octanol–water partition coefficient (Wildman–Crippen LogP) is 0.819. The molecule has 3 aromatic rings. The van der Waals surface area contributed by atoms with E-state index in [1.807, 2.05) is 0 Å². The van der Waals surface area contributed by atoms with Gasteiger partial charge in [0.15, 0.2) is 5.69 Å². The van der Waals surface area contributed by atoms with E-state index in [4.69, 9.17) is 4.42 Å². The van der Waals surface area contributed by atoms with Gasteiger partial charge in [-0.3, -0.25) is 30.0 Å². The number of hydrogen-bond donors (Lipinski definition) is 2. The van der Waals surface area contributed by atoms with Crippen molar-refractivity contribution in [3.63, 3.8) is 0 Å². The van der Waals surface area contributed by atoms with E-state index in [0.717, 1.165) is 0 Å². The summed E-state index contributed by atoms with van der Waals surface area (Å²) in [4.78, 5) is 51.4. The Kier molecular flexibility index (Phi) is 5.52. The molecule has 1 aliphatic heterocycles. The number of likely N-dealkylation sites (tertiary alicyclic amines) is 1. The molecule has 1 aliphatic rings. The molecule has 3 heterocycles. The Bertz CT molecular complexity index is 1200. The van der Waals surface area contributed by atoms with Gasteiger partial charge in [-0.25, -0.2) is 4.68 Å². The van der Waals surface area contributed by atoms with E-state index >= 15 is 0 Å². The first-order valence-electron chi connectivity index (χ1n) is 9.88. The molecule has 1 aromatic carbocycles. The number of carbonyl (C=O) groups is 3. The zero-order valence-electron chi connectivity index (χ0n) is 16.8. The fourth-order valence-corrected chi connectivity index (χ4v) is 3.59. The van der Waals surface area contributed by atoms with Crippen molar-refractivity contribution < 1.29 is 18.8 Å². The second-order valence-electron chi connectivity index (χ2n) is 7.21. The van der Waals surface area contributed by atoms with Gasteiger partial charge >= 0.3 is 0 Å². The Morgan fingerprint density at radius 3 is 2.61 bits per heavy atom. The maximum absolute atomic E-state index is 12.7. The van der Waals surface area contributed by atoms with Crippen LogP contribution in [0.3, 0.4) is 0 Å². The van der Waals surface area contributed by atoms with Crippen molar-refractivity contribution >= 4 is 28.5 Å². The summed E-state index contributed by atoms with van der Waals surface area (Å²) < 4.78 is 6.44. The highest BCUT2D eigenvalue weighted by molar-refractivity contribution is 6.05. The first-order chi connectivity index (χ1) is 15.0. The number of nitrogens with zero attached hydrogens (tertiary/aromatic N) is 3. The average molecular weight is 423 g/mol. The Morgan fingerprint density at radius 2 is 1.90 bits per heavy atom. The Morgan fingerprint density at radius 1 is 1.13 bits per heavy atom. The number of hydrogen-bond acceptors (Lipinski definition) is 6. The number of hydrazine groups is 1. The molecular weight excluding hydrogens is 402 g/mol. The number of nitrogens with one attached hydrogen (secondary N) is 2. The molecule has 10 nitrogen and oxygen atoms in total. The van der Waals surface area contributed by atoms with E-state index in [1.54, 1.807) is 43.3 Å². The lowest BCUT2D eigenvalue weighted by Gasteiger charge is -2.15. The normalized spacial score (nSPS) is 16.0. The van der Waals surface area contributed by atoms with Crippen LogP contribution in [-0.2, 0) is 22.7 Å². The molecule has 3 amide bonds. The van der Waals surface area contributed by atoms with E-state index in [1.165, 1.54) is 15.8 Å². The highest BCUT2D eigenvalue weighted by Gasteiger charge is 2.35. The lowest BCUT2D eigenvalue weighted by molar-refractivity contribution is -0.129. The number of aromatic nitrogens is 2. The molecule has 2 N–H and O–H groups in total. The van der Waals surface area contributed by atoms with Crippen LogP contribution in [0, 0.1) is 5.92 Å². The van der Waals surface area contributed by atoms with Crippen LogP contribution in [0.25, 0.3) is 10.8 Å². The van der Waals surface area contributed by atoms with Crippen LogP contribution in [0.2, 0.25) is 0 Å². The van der Waals surface area contributed by atoms with E-state index in [-0.39, 0.29) is 36.7 Å². The van der Waals surface area contributed by atoms with Crippen molar-refractivity contribution in [2.75, 3.05) is 6.54 Å². The Hall–Kier alpha value is -3.95.